The van der Waals surface area contributed by atoms with E-state index in [9.17, 15) is 9.90 Å². The molecule has 0 spiro atoms. The fraction of sp³-hybridized carbons (Fsp3) is 0.579. The van der Waals surface area contributed by atoms with Crippen LogP contribution in [0.4, 0.5) is 4.79 Å². The maximum absolute atomic E-state index is 12.1. The van der Waals surface area contributed by atoms with Crippen molar-refractivity contribution in [2.24, 2.45) is 5.92 Å². The smallest absolute Gasteiger partial charge is 0.435 e. The topological polar surface area (TPSA) is 55.1 Å². The highest BCUT2D eigenvalue weighted by Crippen LogP contribution is 2.34. The Bertz CT molecular complexity index is 781. The van der Waals surface area contributed by atoms with Gasteiger partial charge >= 0.3 is 6.09 Å². The predicted octanol–water partition coefficient (Wildman–Crippen LogP) is 4.48. The number of likely N-dealkylation sites (tertiary alicyclic amines) is 1. The molecule has 5 nitrogen and oxygen atoms in total. The van der Waals surface area contributed by atoms with E-state index in [0.29, 0.717) is 24.9 Å². The molecule has 0 saturated carbocycles. The third-order valence-electron chi connectivity index (χ3n) is 5.67. The molecule has 0 aliphatic carbocycles. The van der Waals surface area contributed by atoms with Gasteiger partial charge in [0.25, 0.3) is 0 Å². The molecule has 2 heterocycles. The second-order valence-electron chi connectivity index (χ2n) is 8.10. The number of carbonyl (C=O) groups is 1. The molecule has 6 heteroatoms. The molecule has 1 amide bonds. The lowest BCUT2D eigenvalue weighted by atomic mass is 9.89. The van der Waals surface area contributed by atoms with Crippen LogP contribution in [0.5, 0.6) is 0 Å². The SMILES string of the molecule is CC(C)(C)[N+]1(C(=O)O)CCC[C@H](Cn2c(CCl)nc3ccccc32)C1. The number of para-hydroxylation sites is 2. The number of quaternary nitrogens is 1. The maximum Gasteiger partial charge on any atom is 0.513 e. The molecule has 1 aliphatic heterocycles. The molecule has 25 heavy (non-hydrogen) atoms. The summed E-state index contributed by atoms with van der Waals surface area (Å²) >= 11 is 6.12. The molecule has 1 aliphatic rings. The number of fused-ring (bicyclic) bond motifs is 1. The number of alkyl halides is 1. The average molecular weight is 365 g/mol. The Labute approximate surface area is 153 Å². The monoisotopic (exact) mass is 364 g/mol. The predicted molar refractivity (Wildman–Crippen MR) is 99.8 cm³/mol. The Kier molecular flexibility index (Phi) is 4.82. The van der Waals surface area contributed by atoms with Gasteiger partial charge in [-0.05, 0) is 45.7 Å². The van der Waals surface area contributed by atoms with Crippen molar-refractivity contribution in [1.29, 1.82) is 0 Å². The van der Waals surface area contributed by atoms with Crippen molar-refractivity contribution in [3.63, 3.8) is 0 Å². The number of aromatic nitrogens is 2. The van der Waals surface area contributed by atoms with Gasteiger partial charge in [-0.2, -0.15) is 4.79 Å². The normalized spacial score (nSPS) is 24.6. The van der Waals surface area contributed by atoms with Crippen molar-refractivity contribution in [3.8, 4) is 0 Å². The summed E-state index contributed by atoms with van der Waals surface area (Å²) in [6, 6.07) is 8.04. The molecule has 1 aromatic heterocycles. The minimum Gasteiger partial charge on any atom is -0.435 e. The van der Waals surface area contributed by atoms with Crippen LogP contribution in [-0.2, 0) is 12.4 Å². The van der Waals surface area contributed by atoms with Gasteiger partial charge in [-0.1, -0.05) is 12.1 Å². The molecule has 136 valence electrons. The first-order valence-corrected chi connectivity index (χ1v) is 9.43. The summed E-state index contributed by atoms with van der Waals surface area (Å²) in [5, 5.41) is 9.97. The number of hydrogen-bond acceptors (Lipinski definition) is 2. The molecular formula is C19H27ClN3O2+. The van der Waals surface area contributed by atoms with E-state index < -0.39 is 6.09 Å². The van der Waals surface area contributed by atoms with E-state index >= 15 is 0 Å². The number of amides is 1. The first-order valence-electron chi connectivity index (χ1n) is 8.89. The van der Waals surface area contributed by atoms with Crippen LogP contribution in [0.3, 0.4) is 0 Å². The summed E-state index contributed by atoms with van der Waals surface area (Å²) in [6.45, 7) is 8.20. The van der Waals surface area contributed by atoms with Crippen LogP contribution in [0.15, 0.2) is 24.3 Å². The summed E-state index contributed by atoms with van der Waals surface area (Å²) < 4.78 is 2.30. The maximum atomic E-state index is 12.1. The van der Waals surface area contributed by atoms with Crippen molar-refractivity contribution in [2.75, 3.05) is 13.1 Å². The number of piperidine rings is 1. The Hall–Kier alpha value is -1.59. The Balaban J connectivity index is 1.92. The third kappa shape index (κ3) is 3.15. The molecule has 2 aromatic rings. The summed E-state index contributed by atoms with van der Waals surface area (Å²) in [4.78, 5) is 16.8. The zero-order valence-corrected chi connectivity index (χ0v) is 16.0. The molecule has 1 unspecified atom stereocenters. The van der Waals surface area contributed by atoms with E-state index in [4.69, 9.17) is 11.6 Å². The van der Waals surface area contributed by atoms with Crippen molar-refractivity contribution in [3.05, 3.63) is 30.1 Å². The largest absolute Gasteiger partial charge is 0.513 e. The summed E-state index contributed by atoms with van der Waals surface area (Å²) in [6.07, 6.45) is 1.25. The van der Waals surface area contributed by atoms with Crippen LogP contribution < -0.4 is 0 Å². The van der Waals surface area contributed by atoms with E-state index in [1.807, 2.05) is 39.0 Å². The molecule has 1 N–H and O–H groups in total. The van der Waals surface area contributed by atoms with Crippen LogP contribution >= 0.6 is 11.6 Å². The first-order chi connectivity index (χ1) is 11.8. The fourth-order valence-corrected chi connectivity index (χ4v) is 4.39. The van der Waals surface area contributed by atoms with Crippen molar-refractivity contribution in [2.45, 2.75) is 51.6 Å². The quantitative estimate of drug-likeness (QED) is 0.645. The number of benzene rings is 1. The van der Waals surface area contributed by atoms with E-state index in [1.165, 1.54) is 0 Å². The van der Waals surface area contributed by atoms with E-state index in [1.54, 1.807) is 0 Å². The number of hydrogen-bond donors (Lipinski definition) is 1. The fourth-order valence-electron chi connectivity index (χ4n) is 4.18. The zero-order valence-electron chi connectivity index (χ0n) is 15.2. The molecule has 1 saturated heterocycles. The molecule has 3 rings (SSSR count). The summed E-state index contributed by atoms with van der Waals surface area (Å²) in [5.41, 5.74) is 1.70. The standard InChI is InChI=1S/C19H26ClN3O2/c1-19(2,3)23(18(24)25)10-6-7-14(13-23)12-22-16-9-5-4-8-15(16)21-17(22)11-20/h4-5,8-9,14H,6-7,10-13H2,1-3H3/p+1/t14-,23?/m1/s1. The zero-order chi connectivity index (χ0) is 18.2. The van der Waals surface area contributed by atoms with Crippen LogP contribution in [0.2, 0.25) is 0 Å². The van der Waals surface area contributed by atoms with Crippen LogP contribution in [-0.4, -0.2) is 43.9 Å². The molecule has 0 radical (unpaired) electrons. The van der Waals surface area contributed by atoms with Gasteiger partial charge in [0.1, 0.15) is 11.4 Å². The second-order valence-corrected chi connectivity index (χ2v) is 8.36. The van der Waals surface area contributed by atoms with Gasteiger partial charge in [-0.25, -0.2) is 9.47 Å². The van der Waals surface area contributed by atoms with Crippen LogP contribution in [0.25, 0.3) is 11.0 Å². The number of rotatable bonds is 3. The molecule has 1 fully saturated rings. The highest BCUT2D eigenvalue weighted by atomic mass is 35.5. The lowest BCUT2D eigenvalue weighted by Gasteiger charge is -2.48. The highest BCUT2D eigenvalue weighted by molar-refractivity contribution is 6.16. The van der Waals surface area contributed by atoms with E-state index in [2.05, 4.69) is 15.6 Å². The van der Waals surface area contributed by atoms with Gasteiger partial charge in [0.05, 0.1) is 30.0 Å². The molecular weight excluding hydrogens is 338 g/mol. The lowest BCUT2D eigenvalue weighted by Crippen LogP contribution is -2.67. The van der Waals surface area contributed by atoms with Gasteiger partial charge < -0.3 is 9.67 Å². The Morgan fingerprint density at radius 2 is 2.12 bits per heavy atom. The van der Waals surface area contributed by atoms with Crippen LogP contribution in [0, 0.1) is 5.92 Å². The molecule has 0 bridgehead atoms. The van der Waals surface area contributed by atoms with Crippen LogP contribution in [0.1, 0.15) is 39.4 Å². The first kappa shape index (κ1) is 18.2. The molecule has 2 atom stereocenters. The van der Waals surface area contributed by atoms with Gasteiger partial charge in [0.15, 0.2) is 0 Å². The third-order valence-corrected chi connectivity index (χ3v) is 5.91. The van der Waals surface area contributed by atoms with Gasteiger partial charge in [0, 0.05) is 12.5 Å². The highest BCUT2D eigenvalue weighted by Gasteiger charge is 2.50. The lowest BCUT2D eigenvalue weighted by molar-refractivity contribution is -0.911. The number of imidazole rings is 1. The summed E-state index contributed by atoms with van der Waals surface area (Å²) in [5.74, 6) is 1.51. The summed E-state index contributed by atoms with van der Waals surface area (Å²) in [7, 11) is 0. The minimum atomic E-state index is -0.717. The second kappa shape index (κ2) is 6.61. The van der Waals surface area contributed by atoms with Gasteiger partial charge in [-0.15, -0.1) is 11.6 Å². The number of nitrogens with zero attached hydrogens (tertiary/aromatic N) is 3. The minimum absolute atomic E-state index is 0.126. The van der Waals surface area contributed by atoms with E-state index in [0.717, 1.165) is 36.2 Å². The van der Waals surface area contributed by atoms with Gasteiger partial charge in [-0.3, -0.25) is 0 Å². The number of carboxylic acid groups (broad SMARTS) is 1. The van der Waals surface area contributed by atoms with Gasteiger partial charge in [0.2, 0.25) is 0 Å². The van der Waals surface area contributed by atoms with Crippen molar-refractivity contribution < 1.29 is 14.4 Å². The average Bonchev–Trinajstić information content (AvgIpc) is 2.92. The van der Waals surface area contributed by atoms with Crippen molar-refractivity contribution in [1.82, 2.24) is 9.55 Å². The van der Waals surface area contributed by atoms with Crippen molar-refractivity contribution >= 4 is 28.7 Å². The van der Waals surface area contributed by atoms with E-state index in [-0.39, 0.29) is 10.0 Å². The molecule has 1 aromatic carbocycles. The number of halogens is 1. The Morgan fingerprint density at radius 3 is 2.76 bits per heavy atom. The Morgan fingerprint density at radius 1 is 1.40 bits per heavy atom.